The van der Waals surface area contributed by atoms with Crippen molar-refractivity contribution in [3.8, 4) is 5.88 Å². The number of nitrogens with one attached hydrogen (secondary N) is 2. The van der Waals surface area contributed by atoms with E-state index >= 15 is 0 Å². The fourth-order valence-electron chi connectivity index (χ4n) is 1.75. The highest BCUT2D eigenvalue weighted by Crippen LogP contribution is 2.19. The Bertz CT molecular complexity index is 717. The zero-order chi connectivity index (χ0) is 18.3. The Morgan fingerprint density at radius 1 is 1.20 bits per heavy atom. The van der Waals surface area contributed by atoms with Gasteiger partial charge in [0.1, 0.15) is 11.3 Å². The average molecular weight is 357 g/mol. The summed E-state index contributed by atoms with van der Waals surface area (Å²) in [7, 11) is 0. The van der Waals surface area contributed by atoms with E-state index < -0.39 is 30.5 Å². The van der Waals surface area contributed by atoms with Crippen molar-refractivity contribution in [2.75, 3.05) is 13.2 Å². The summed E-state index contributed by atoms with van der Waals surface area (Å²) in [6.07, 6.45) is -1.91. The highest BCUT2D eigenvalue weighted by atomic mass is 19.4. The van der Waals surface area contributed by atoms with E-state index in [0.717, 1.165) is 0 Å². The summed E-state index contributed by atoms with van der Waals surface area (Å²) >= 11 is 0. The maximum Gasteiger partial charge on any atom is 0.422 e. The van der Waals surface area contributed by atoms with E-state index in [4.69, 9.17) is 4.42 Å². The molecule has 0 aliphatic heterocycles. The van der Waals surface area contributed by atoms with Gasteiger partial charge in [-0.2, -0.15) is 13.2 Å². The number of carbonyl (C=O) groups excluding carboxylic acids is 2. The number of furan rings is 1. The van der Waals surface area contributed by atoms with Gasteiger partial charge in [-0.25, -0.2) is 4.98 Å². The maximum atomic E-state index is 12.2. The molecule has 2 N–H and O–H groups in total. The predicted octanol–water partition coefficient (Wildman–Crippen LogP) is 1.66. The zero-order valence-corrected chi connectivity index (χ0v) is 12.8. The quantitative estimate of drug-likeness (QED) is 0.786. The van der Waals surface area contributed by atoms with Gasteiger partial charge in [0.05, 0.1) is 19.4 Å². The molecule has 0 radical (unpaired) electrons. The van der Waals surface area contributed by atoms with Crippen molar-refractivity contribution in [1.29, 1.82) is 0 Å². The van der Waals surface area contributed by atoms with Crippen LogP contribution in [0.1, 0.15) is 16.1 Å². The molecule has 134 valence electrons. The van der Waals surface area contributed by atoms with Gasteiger partial charge in [-0.3, -0.25) is 9.59 Å². The number of ether oxygens (including phenoxy) is 1. The van der Waals surface area contributed by atoms with Crippen LogP contribution in [0.4, 0.5) is 13.2 Å². The first kappa shape index (κ1) is 18.3. The molecule has 0 bridgehead atoms. The lowest BCUT2D eigenvalue weighted by Gasteiger charge is -2.12. The van der Waals surface area contributed by atoms with Crippen LogP contribution in [-0.2, 0) is 11.3 Å². The van der Waals surface area contributed by atoms with Crippen LogP contribution in [0.5, 0.6) is 5.88 Å². The Labute approximate surface area is 140 Å². The van der Waals surface area contributed by atoms with Crippen LogP contribution < -0.4 is 15.4 Å². The zero-order valence-electron chi connectivity index (χ0n) is 12.8. The molecule has 0 fully saturated rings. The number of carbonyl (C=O) groups is 2. The van der Waals surface area contributed by atoms with Crippen molar-refractivity contribution >= 4 is 11.8 Å². The molecule has 0 aliphatic rings. The fraction of sp³-hybridized carbons (Fsp3) is 0.267. The van der Waals surface area contributed by atoms with Gasteiger partial charge in [-0.05, 0) is 24.3 Å². The molecule has 0 saturated heterocycles. The number of rotatable bonds is 7. The van der Waals surface area contributed by atoms with Gasteiger partial charge >= 0.3 is 6.18 Å². The van der Waals surface area contributed by atoms with Crippen molar-refractivity contribution in [3.05, 3.63) is 48.0 Å². The lowest BCUT2D eigenvalue weighted by molar-refractivity contribution is -0.154. The van der Waals surface area contributed by atoms with Crippen molar-refractivity contribution < 1.29 is 31.9 Å². The predicted molar refractivity (Wildman–Crippen MR) is 78.7 cm³/mol. The van der Waals surface area contributed by atoms with Crippen LogP contribution in [0.2, 0.25) is 0 Å². The van der Waals surface area contributed by atoms with E-state index in [9.17, 15) is 22.8 Å². The first-order valence-corrected chi connectivity index (χ1v) is 7.07. The number of halogens is 3. The highest BCUT2D eigenvalue weighted by Gasteiger charge is 2.29. The number of nitrogens with zero attached hydrogens (tertiary/aromatic N) is 1. The number of hydrogen-bond acceptors (Lipinski definition) is 5. The Kier molecular flexibility index (Phi) is 5.98. The molecule has 0 spiro atoms. The number of hydrogen-bond donors (Lipinski definition) is 2. The second-order valence-corrected chi connectivity index (χ2v) is 4.80. The minimum atomic E-state index is -4.56. The molecule has 2 amide bonds. The third-order valence-corrected chi connectivity index (χ3v) is 2.84. The van der Waals surface area contributed by atoms with Crippen molar-refractivity contribution in [1.82, 2.24) is 15.6 Å². The van der Waals surface area contributed by atoms with E-state index in [1.54, 1.807) is 12.1 Å². The summed E-state index contributed by atoms with van der Waals surface area (Å²) in [5, 5.41) is 4.79. The first-order valence-electron chi connectivity index (χ1n) is 7.07. The molecule has 2 rings (SSSR count). The number of pyridine rings is 1. The smallest absolute Gasteiger partial charge is 0.422 e. The van der Waals surface area contributed by atoms with E-state index in [1.807, 2.05) is 0 Å². The standard InChI is InChI=1S/C15H14F3N3O4/c16-15(17,18)9-25-14-11(4-1-5-19-14)13(23)21-8-12(22)20-7-10-3-2-6-24-10/h1-6H,7-9H2,(H,20,22)(H,21,23). The molecule has 0 atom stereocenters. The van der Waals surface area contributed by atoms with E-state index in [2.05, 4.69) is 20.4 Å². The van der Waals surface area contributed by atoms with Crippen molar-refractivity contribution in [3.63, 3.8) is 0 Å². The van der Waals surface area contributed by atoms with Gasteiger partial charge in [0.2, 0.25) is 11.8 Å². The topological polar surface area (TPSA) is 93.5 Å². The Hall–Kier alpha value is -3.04. The normalized spacial score (nSPS) is 11.0. The third-order valence-electron chi connectivity index (χ3n) is 2.84. The lowest BCUT2D eigenvalue weighted by atomic mass is 10.2. The van der Waals surface area contributed by atoms with Crippen molar-refractivity contribution in [2.45, 2.75) is 12.7 Å². The van der Waals surface area contributed by atoms with Crippen LogP contribution in [-0.4, -0.2) is 36.1 Å². The SMILES string of the molecule is O=C(CNC(=O)c1cccnc1OCC(F)(F)F)NCc1ccco1. The van der Waals surface area contributed by atoms with Gasteiger partial charge in [0.25, 0.3) is 5.91 Å². The largest absolute Gasteiger partial charge is 0.467 e. The van der Waals surface area contributed by atoms with Gasteiger partial charge in [-0.1, -0.05) is 0 Å². The van der Waals surface area contributed by atoms with Gasteiger partial charge in [0.15, 0.2) is 6.61 Å². The monoisotopic (exact) mass is 357 g/mol. The molecule has 2 aromatic rings. The summed E-state index contributed by atoms with van der Waals surface area (Å²) in [5.41, 5.74) is -0.203. The minimum absolute atomic E-state index is 0.147. The number of alkyl halides is 3. The van der Waals surface area contributed by atoms with E-state index in [1.165, 1.54) is 24.6 Å². The molecule has 7 nitrogen and oxygen atoms in total. The Balaban J connectivity index is 1.86. The van der Waals surface area contributed by atoms with Crippen LogP contribution in [0.15, 0.2) is 41.1 Å². The molecule has 25 heavy (non-hydrogen) atoms. The minimum Gasteiger partial charge on any atom is -0.467 e. The van der Waals surface area contributed by atoms with Crippen LogP contribution in [0.3, 0.4) is 0 Å². The van der Waals surface area contributed by atoms with Gasteiger partial charge < -0.3 is 19.8 Å². The molecule has 2 aromatic heterocycles. The highest BCUT2D eigenvalue weighted by molar-refractivity contribution is 5.98. The fourth-order valence-corrected chi connectivity index (χ4v) is 1.75. The van der Waals surface area contributed by atoms with E-state index in [-0.39, 0.29) is 18.7 Å². The molecule has 0 aromatic carbocycles. The summed E-state index contributed by atoms with van der Waals surface area (Å²) in [5.74, 6) is -1.20. The summed E-state index contributed by atoms with van der Waals surface area (Å²) in [6.45, 7) is -1.80. The van der Waals surface area contributed by atoms with Crippen LogP contribution in [0.25, 0.3) is 0 Å². The molecule has 0 unspecified atom stereocenters. The maximum absolute atomic E-state index is 12.2. The van der Waals surface area contributed by atoms with Crippen molar-refractivity contribution in [2.24, 2.45) is 0 Å². The second-order valence-electron chi connectivity index (χ2n) is 4.80. The molecule has 0 aliphatic carbocycles. The van der Waals surface area contributed by atoms with Gasteiger partial charge in [0, 0.05) is 6.20 Å². The second kappa shape index (κ2) is 8.18. The van der Waals surface area contributed by atoms with E-state index in [0.29, 0.717) is 5.76 Å². The first-order chi connectivity index (χ1) is 11.8. The Morgan fingerprint density at radius 2 is 2.00 bits per heavy atom. The number of amides is 2. The molecular formula is C15H14F3N3O4. The van der Waals surface area contributed by atoms with Crippen LogP contribution >= 0.6 is 0 Å². The summed E-state index contributed by atoms with van der Waals surface area (Å²) in [6, 6.07) is 5.94. The molecule has 0 saturated carbocycles. The van der Waals surface area contributed by atoms with Crippen LogP contribution in [0, 0.1) is 0 Å². The molecule has 2 heterocycles. The molecule has 10 heteroatoms. The number of aromatic nitrogens is 1. The average Bonchev–Trinajstić information content (AvgIpc) is 3.09. The Morgan fingerprint density at radius 3 is 2.68 bits per heavy atom. The third kappa shape index (κ3) is 6.16. The molecular weight excluding hydrogens is 343 g/mol. The summed E-state index contributed by atoms with van der Waals surface area (Å²) < 4.78 is 46.2. The summed E-state index contributed by atoms with van der Waals surface area (Å²) in [4.78, 5) is 27.3. The van der Waals surface area contributed by atoms with Gasteiger partial charge in [-0.15, -0.1) is 0 Å². The lowest BCUT2D eigenvalue weighted by Crippen LogP contribution is -2.36.